The van der Waals surface area contributed by atoms with Gasteiger partial charge >= 0.3 is 0 Å². The molecule has 3 rings (SSSR count). The predicted molar refractivity (Wildman–Crippen MR) is 121 cm³/mol. The van der Waals surface area contributed by atoms with Crippen molar-refractivity contribution in [3.8, 4) is 0 Å². The molecule has 1 aromatic rings. The normalized spacial score (nSPS) is 19.0. The van der Waals surface area contributed by atoms with Crippen LogP contribution in [0.15, 0.2) is 4.99 Å². The average Bonchev–Trinajstić information content (AvgIpc) is 2.97. The number of nitrogens with one attached hydrogen (secondary N) is 2. The van der Waals surface area contributed by atoms with Crippen LogP contribution in [-0.4, -0.2) is 77.6 Å². The Kier molecular flexibility index (Phi) is 9.39. The van der Waals surface area contributed by atoms with Gasteiger partial charge in [-0.3, -0.25) is 4.99 Å². The minimum absolute atomic E-state index is 0.318. The third-order valence-electron chi connectivity index (χ3n) is 6.07. The summed E-state index contributed by atoms with van der Waals surface area (Å²) in [6, 6.07) is 0.491. The maximum absolute atomic E-state index is 5.68. The molecule has 0 saturated carbocycles. The van der Waals surface area contributed by atoms with E-state index < -0.39 is 0 Å². The molecule has 8 nitrogen and oxygen atoms in total. The molecule has 0 aliphatic carbocycles. The van der Waals surface area contributed by atoms with E-state index in [1.807, 2.05) is 7.05 Å². The number of aryl methyl sites for hydroxylation is 2. The van der Waals surface area contributed by atoms with E-state index in [0.717, 1.165) is 83.2 Å². The van der Waals surface area contributed by atoms with Crippen LogP contribution in [-0.2, 0) is 24.1 Å². The summed E-state index contributed by atoms with van der Waals surface area (Å²) in [6.07, 6.45) is 9.48. The quantitative estimate of drug-likeness (QED) is 0.362. The van der Waals surface area contributed by atoms with Crippen LogP contribution in [0.4, 0.5) is 0 Å². The number of hydrogen-bond acceptors (Lipinski definition) is 5. The zero-order valence-electron chi connectivity index (χ0n) is 19.2. The standard InChI is InChI=1S/C22H41N7O/c1-18(2)30-17-16-28-14-10-19(11-15-28)25-22(23-3)24-12-7-9-21-27-26-20-8-5-4-6-13-29(20)21/h18-19H,4-17H2,1-3H3,(H2,23,24,25). The summed E-state index contributed by atoms with van der Waals surface area (Å²) in [4.78, 5) is 6.91. The first-order valence-corrected chi connectivity index (χ1v) is 11.9. The maximum Gasteiger partial charge on any atom is 0.191 e. The van der Waals surface area contributed by atoms with Crippen LogP contribution in [0, 0.1) is 0 Å². The Bertz CT molecular complexity index is 650. The van der Waals surface area contributed by atoms with Gasteiger partial charge in [0.15, 0.2) is 5.96 Å². The van der Waals surface area contributed by atoms with Crippen LogP contribution in [0.2, 0.25) is 0 Å². The molecule has 0 amide bonds. The summed E-state index contributed by atoms with van der Waals surface area (Å²) in [5.74, 6) is 3.23. The number of aromatic nitrogens is 3. The van der Waals surface area contributed by atoms with Gasteiger partial charge < -0.3 is 24.8 Å². The van der Waals surface area contributed by atoms with E-state index in [1.165, 1.54) is 25.1 Å². The molecule has 170 valence electrons. The maximum atomic E-state index is 5.68. The van der Waals surface area contributed by atoms with Crippen LogP contribution in [0.1, 0.15) is 64.0 Å². The van der Waals surface area contributed by atoms with Gasteiger partial charge in [0.1, 0.15) is 11.6 Å². The lowest BCUT2D eigenvalue weighted by Gasteiger charge is -2.33. The van der Waals surface area contributed by atoms with Crippen molar-refractivity contribution < 1.29 is 4.74 Å². The summed E-state index contributed by atoms with van der Waals surface area (Å²) in [7, 11) is 1.85. The Labute approximate surface area is 181 Å². The minimum atomic E-state index is 0.318. The SMILES string of the molecule is CN=C(NCCCc1nnc2n1CCCCC2)NC1CCN(CCOC(C)C)CC1. The van der Waals surface area contributed by atoms with E-state index >= 15 is 0 Å². The monoisotopic (exact) mass is 419 g/mol. The largest absolute Gasteiger partial charge is 0.377 e. The molecule has 0 atom stereocenters. The summed E-state index contributed by atoms with van der Waals surface area (Å²) >= 11 is 0. The Morgan fingerprint density at radius 1 is 1.17 bits per heavy atom. The number of fused-ring (bicyclic) bond motifs is 1. The van der Waals surface area contributed by atoms with Gasteiger partial charge in [-0.25, -0.2) is 0 Å². The smallest absolute Gasteiger partial charge is 0.191 e. The van der Waals surface area contributed by atoms with Crippen molar-refractivity contribution in [1.82, 2.24) is 30.3 Å². The zero-order chi connectivity index (χ0) is 21.2. The number of piperidine rings is 1. The molecule has 1 fully saturated rings. The van der Waals surface area contributed by atoms with E-state index in [9.17, 15) is 0 Å². The molecule has 0 radical (unpaired) electrons. The molecule has 1 aromatic heterocycles. The molecule has 2 aliphatic heterocycles. The number of hydrogen-bond donors (Lipinski definition) is 2. The van der Waals surface area contributed by atoms with Gasteiger partial charge in [0.2, 0.25) is 0 Å². The number of ether oxygens (including phenoxy) is 1. The van der Waals surface area contributed by atoms with Gasteiger partial charge in [-0.1, -0.05) is 6.42 Å². The van der Waals surface area contributed by atoms with Crippen LogP contribution in [0.25, 0.3) is 0 Å². The highest BCUT2D eigenvalue weighted by Crippen LogP contribution is 2.15. The molecule has 2 aliphatic rings. The molecular weight excluding hydrogens is 378 g/mol. The predicted octanol–water partition coefficient (Wildman–Crippen LogP) is 1.99. The summed E-state index contributed by atoms with van der Waals surface area (Å²) in [5, 5.41) is 15.9. The summed E-state index contributed by atoms with van der Waals surface area (Å²) < 4.78 is 8.02. The molecule has 1 saturated heterocycles. The van der Waals surface area contributed by atoms with Gasteiger partial charge in [-0.05, 0) is 46.0 Å². The molecule has 2 N–H and O–H groups in total. The highest BCUT2D eigenvalue weighted by Gasteiger charge is 2.20. The molecule has 0 spiro atoms. The van der Waals surface area contributed by atoms with Gasteiger partial charge in [0.05, 0.1) is 12.7 Å². The second kappa shape index (κ2) is 12.2. The Balaban J connectivity index is 1.32. The van der Waals surface area contributed by atoms with Gasteiger partial charge in [0.25, 0.3) is 0 Å². The molecule has 0 aromatic carbocycles. The molecule has 0 unspecified atom stereocenters. The average molecular weight is 420 g/mol. The van der Waals surface area contributed by atoms with Crippen LogP contribution in [0.3, 0.4) is 0 Å². The fourth-order valence-corrected chi connectivity index (χ4v) is 4.29. The summed E-state index contributed by atoms with van der Waals surface area (Å²) in [5.41, 5.74) is 0. The fraction of sp³-hybridized carbons (Fsp3) is 0.864. The van der Waals surface area contributed by atoms with Crippen molar-refractivity contribution in [3.63, 3.8) is 0 Å². The number of rotatable bonds is 9. The van der Waals surface area contributed by atoms with Crippen molar-refractivity contribution in [2.24, 2.45) is 4.99 Å². The van der Waals surface area contributed by atoms with Crippen LogP contribution < -0.4 is 10.6 Å². The molecule has 30 heavy (non-hydrogen) atoms. The second-order valence-corrected chi connectivity index (χ2v) is 8.78. The van der Waals surface area contributed by atoms with Crippen LogP contribution in [0.5, 0.6) is 0 Å². The Morgan fingerprint density at radius 2 is 2.00 bits per heavy atom. The first kappa shape index (κ1) is 23.0. The van der Waals surface area contributed by atoms with Crippen molar-refractivity contribution >= 4 is 5.96 Å². The van der Waals surface area contributed by atoms with Crippen LogP contribution >= 0.6 is 0 Å². The van der Waals surface area contributed by atoms with E-state index in [4.69, 9.17) is 4.74 Å². The van der Waals surface area contributed by atoms with Crippen molar-refractivity contribution in [3.05, 3.63) is 11.6 Å². The Morgan fingerprint density at radius 3 is 2.77 bits per heavy atom. The van der Waals surface area contributed by atoms with Crippen molar-refractivity contribution in [2.45, 2.75) is 83.9 Å². The second-order valence-electron chi connectivity index (χ2n) is 8.78. The van der Waals surface area contributed by atoms with E-state index in [2.05, 4.69) is 49.1 Å². The van der Waals surface area contributed by atoms with E-state index in [-0.39, 0.29) is 0 Å². The molecule has 3 heterocycles. The lowest BCUT2D eigenvalue weighted by Crippen LogP contribution is -2.49. The lowest BCUT2D eigenvalue weighted by atomic mass is 10.1. The van der Waals surface area contributed by atoms with Gasteiger partial charge in [-0.2, -0.15) is 0 Å². The Hall–Kier alpha value is -1.67. The number of guanidine groups is 1. The number of nitrogens with zero attached hydrogens (tertiary/aromatic N) is 5. The van der Waals surface area contributed by atoms with E-state index in [0.29, 0.717) is 12.1 Å². The first-order chi connectivity index (χ1) is 14.7. The first-order valence-electron chi connectivity index (χ1n) is 11.9. The molecule has 8 heteroatoms. The van der Waals surface area contributed by atoms with Crippen molar-refractivity contribution in [1.29, 1.82) is 0 Å². The molecule has 0 bridgehead atoms. The lowest BCUT2D eigenvalue weighted by molar-refractivity contribution is 0.0532. The minimum Gasteiger partial charge on any atom is -0.377 e. The van der Waals surface area contributed by atoms with Crippen molar-refractivity contribution in [2.75, 3.05) is 39.8 Å². The summed E-state index contributed by atoms with van der Waals surface area (Å²) in [6.45, 7) is 10.3. The highest BCUT2D eigenvalue weighted by molar-refractivity contribution is 5.79. The highest BCUT2D eigenvalue weighted by atomic mass is 16.5. The van der Waals surface area contributed by atoms with E-state index in [1.54, 1.807) is 0 Å². The third kappa shape index (κ3) is 7.23. The molecular formula is C22H41N7O. The third-order valence-corrected chi connectivity index (χ3v) is 6.07. The number of likely N-dealkylation sites (tertiary alicyclic amines) is 1. The fourth-order valence-electron chi connectivity index (χ4n) is 4.29. The van der Waals surface area contributed by atoms with Gasteiger partial charge in [-0.15, -0.1) is 10.2 Å². The topological polar surface area (TPSA) is 79.6 Å². The van der Waals surface area contributed by atoms with Gasteiger partial charge in [0, 0.05) is 58.7 Å². The number of aliphatic imine (C=N–C) groups is 1. The zero-order valence-corrected chi connectivity index (χ0v) is 19.2.